The number of morpholine rings is 1. The fraction of sp³-hybridized carbons (Fsp3) is 0.304. The van der Waals surface area contributed by atoms with Crippen LogP contribution in [0.1, 0.15) is 46.4 Å². The van der Waals surface area contributed by atoms with Gasteiger partial charge in [0.25, 0.3) is 11.8 Å². The molecule has 1 aliphatic rings. The Morgan fingerprint density at radius 1 is 1.19 bits per heavy atom. The zero-order chi connectivity index (χ0) is 22.0. The number of pyridine rings is 2. The number of hydrogen-bond acceptors (Lipinski definition) is 6. The number of carbonyl (C=O) groups is 2. The lowest BCUT2D eigenvalue weighted by molar-refractivity contribution is -0.0246. The monoisotopic (exact) mass is 419 g/mol. The second-order valence-corrected chi connectivity index (χ2v) is 7.79. The number of nitrogens with one attached hydrogen (secondary N) is 1. The molecule has 8 nitrogen and oxygen atoms in total. The van der Waals surface area contributed by atoms with E-state index < -0.39 is 6.10 Å². The molecular weight excluding hydrogens is 394 g/mol. The molecule has 3 aromatic rings. The maximum Gasteiger partial charge on any atom is 0.257 e. The van der Waals surface area contributed by atoms with Crippen molar-refractivity contribution in [3.05, 3.63) is 65.5 Å². The molecule has 0 radical (unpaired) electrons. The highest BCUT2D eigenvalue weighted by Gasteiger charge is 2.29. The predicted octanol–water partition coefficient (Wildman–Crippen LogP) is 2.56. The number of hydrogen-bond donors (Lipinski definition) is 2. The number of benzene rings is 1. The molecule has 0 saturated carbocycles. The fourth-order valence-corrected chi connectivity index (χ4v) is 3.67. The first-order valence-corrected chi connectivity index (χ1v) is 10.3. The van der Waals surface area contributed by atoms with E-state index in [1.165, 1.54) is 0 Å². The lowest BCUT2D eigenvalue weighted by Gasteiger charge is -2.33. The van der Waals surface area contributed by atoms with Gasteiger partial charge in [-0.25, -0.2) is 9.97 Å². The highest BCUT2D eigenvalue weighted by atomic mass is 16.5. The van der Waals surface area contributed by atoms with Gasteiger partial charge in [-0.15, -0.1) is 0 Å². The Kier molecular flexibility index (Phi) is 5.81. The van der Waals surface area contributed by atoms with Crippen LogP contribution in [0.15, 0.2) is 48.7 Å². The number of nitrogens with two attached hydrogens (primary N) is 1. The number of fused-ring (bicyclic) bond motifs is 1. The van der Waals surface area contributed by atoms with E-state index in [0.29, 0.717) is 42.0 Å². The van der Waals surface area contributed by atoms with Crippen LogP contribution in [0.3, 0.4) is 0 Å². The van der Waals surface area contributed by atoms with Crippen molar-refractivity contribution >= 4 is 28.5 Å². The van der Waals surface area contributed by atoms with E-state index in [2.05, 4.69) is 10.3 Å². The third-order valence-electron chi connectivity index (χ3n) is 5.15. The Bertz CT molecular complexity index is 1130. The normalized spacial score (nSPS) is 16.5. The molecule has 8 heteroatoms. The van der Waals surface area contributed by atoms with E-state index in [9.17, 15) is 9.59 Å². The number of para-hydroxylation sites is 1. The molecule has 1 saturated heterocycles. The molecule has 0 bridgehead atoms. The number of aromatic nitrogens is 2. The summed E-state index contributed by atoms with van der Waals surface area (Å²) in [5.41, 5.74) is 8.11. The zero-order valence-corrected chi connectivity index (χ0v) is 17.5. The van der Waals surface area contributed by atoms with Crippen LogP contribution in [-0.4, -0.2) is 52.4 Å². The lowest BCUT2D eigenvalue weighted by atomic mass is 10.0. The van der Waals surface area contributed by atoms with Crippen molar-refractivity contribution in [2.75, 3.05) is 25.4 Å². The number of nitrogen functional groups attached to an aromatic ring is 1. The van der Waals surface area contributed by atoms with E-state index in [-0.39, 0.29) is 23.7 Å². The molecule has 3 heterocycles. The van der Waals surface area contributed by atoms with Gasteiger partial charge in [0.1, 0.15) is 11.9 Å². The largest absolute Gasteiger partial charge is 0.383 e. The van der Waals surface area contributed by atoms with Gasteiger partial charge < -0.3 is 20.7 Å². The smallest absolute Gasteiger partial charge is 0.257 e. The molecule has 31 heavy (non-hydrogen) atoms. The van der Waals surface area contributed by atoms with Crippen molar-refractivity contribution in [2.45, 2.75) is 26.0 Å². The van der Waals surface area contributed by atoms with Gasteiger partial charge in [0.15, 0.2) is 0 Å². The highest BCUT2D eigenvalue weighted by molar-refractivity contribution is 6.06. The van der Waals surface area contributed by atoms with Crippen LogP contribution in [0.5, 0.6) is 0 Å². The molecule has 0 aliphatic carbocycles. The maximum atomic E-state index is 13.0. The van der Waals surface area contributed by atoms with E-state index in [4.69, 9.17) is 15.5 Å². The molecule has 1 aliphatic heterocycles. The summed E-state index contributed by atoms with van der Waals surface area (Å²) in [6.07, 6.45) is 1.10. The summed E-state index contributed by atoms with van der Waals surface area (Å²) in [5.74, 6) is -0.161. The predicted molar refractivity (Wildman–Crippen MR) is 118 cm³/mol. The lowest BCUT2D eigenvalue weighted by Crippen LogP contribution is -2.42. The Hall–Kier alpha value is -3.52. The van der Waals surface area contributed by atoms with Crippen molar-refractivity contribution in [3.63, 3.8) is 0 Å². The SMILES string of the molecule is CC(C)NC(=O)c1cc(C2CN(C(=O)c3cccnc3N)CCO2)nc2ccccc12. The number of amides is 2. The second kappa shape index (κ2) is 8.69. The summed E-state index contributed by atoms with van der Waals surface area (Å²) in [5, 5.41) is 3.72. The molecule has 4 rings (SSSR count). The topological polar surface area (TPSA) is 110 Å². The molecule has 1 unspecified atom stereocenters. The van der Waals surface area contributed by atoms with Gasteiger partial charge in [0.2, 0.25) is 0 Å². The minimum absolute atomic E-state index is 0.00635. The molecule has 1 aromatic carbocycles. The summed E-state index contributed by atoms with van der Waals surface area (Å²) in [6, 6.07) is 12.6. The van der Waals surface area contributed by atoms with Crippen LogP contribution >= 0.6 is 0 Å². The van der Waals surface area contributed by atoms with Gasteiger partial charge in [0, 0.05) is 24.2 Å². The van der Waals surface area contributed by atoms with Gasteiger partial charge in [0.05, 0.1) is 35.5 Å². The highest BCUT2D eigenvalue weighted by Crippen LogP contribution is 2.27. The van der Waals surface area contributed by atoms with E-state index in [0.717, 1.165) is 5.39 Å². The molecule has 0 spiro atoms. The Labute approximate surface area is 180 Å². The summed E-state index contributed by atoms with van der Waals surface area (Å²) in [6.45, 7) is 4.94. The van der Waals surface area contributed by atoms with Gasteiger partial charge >= 0.3 is 0 Å². The molecule has 160 valence electrons. The number of rotatable bonds is 4. The van der Waals surface area contributed by atoms with Crippen molar-refractivity contribution in [1.82, 2.24) is 20.2 Å². The average molecular weight is 419 g/mol. The van der Waals surface area contributed by atoms with Crippen LogP contribution in [-0.2, 0) is 4.74 Å². The summed E-state index contributed by atoms with van der Waals surface area (Å²) >= 11 is 0. The number of carbonyl (C=O) groups excluding carboxylic acids is 2. The zero-order valence-electron chi connectivity index (χ0n) is 17.5. The Balaban J connectivity index is 1.66. The summed E-state index contributed by atoms with van der Waals surface area (Å²) in [4.78, 5) is 36.2. The number of nitrogens with zero attached hydrogens (tertiary/aromatic N) is 3. The van der Waals surface area contributed by atoms with E-state index in [1.54, 1.807) is 29.3 Å². The molecule has 1 fully saturated rings. The third-order valence-corrected chi connectivity index (χ3v) is 5.15. The van der Waals surface area contributed by atoms with Crippen molar-refractivity contribution < 1.29 is 14.3 Å². The molecule has 2 aromatic heterocycles. The van der Waals surface area contributed by atoms with Crippen molar-refractivity contribution in [2.24, 2.45) is 0 Å². The van der Waals surface area contributed by atoms with Crippen molar-refractivity contribution in [1.29, 1.82) is 0 Å². The van der Waals surface area contributed by atoms with Crippen LogP contribution in [0, 0.1) is 0 Å². The Morgan fingerprint density at radius 3 is 2.77 bits per heavy atom. The quantitative estimate of drug-likeness (QED) is 0.672. The Morgan fingerprint density at radius 2 is 2.00 bits per heavy atom. The van der Waals surface area contributed by atoms with Crippen LogP contribution in [0.4, 0.5) is 5.82 Å². The maximum absolute atomic E-state index is 13.0. The average Bonchev–Trinajstić information content (AvgIpc) is 2.78. The minimum Gasteiger partial charge on any atom is -0.383 e. The number of ether oxygens (including phenoxy) is 1. The molecular formula is C23H25N5O3. The number of anilines is 1. The van der Waals surface area contributed by atoms with Gasteiger partial charge in [-0.2, -0.15) is 0 Å². The van der Waals surface area contributed by atoms with Gasteiger partial charge in [-0.3, -0.25) is 9.59 Å². The minimum atomic E-state index is -0.453. The first-order valence-electron chi connectivity index (χ1n) is 10.3. The van der Waals surface area contributed by atoms with Crippen LogP contribution in [0.2, 0.25) is 0 Å². The first-order chi connectivity index (χ1) is 14.9. The first kappa shape index (κ1) is 20.7. The molecule has 1 atom stereocenters. The van der Waals surface area contributed by atoms with Crippen LogP contribution in [0.25, 0.3) is 10.9 Å². The van der Waals surface area contributed by atoms with Gasteiger partial charge in [-0.1, -0.05) is 18.2 Å². The summed E-state index contributed by atoms with van der Waals surface area (Å²) < 4.78 is 5.94. The standard InChI is InChI=1S/C23H25N5O3/c1-14(2)26-22(29)17-12-19(27-18-8-4-3-6-15(17)18)20-13-28(10-11-31-20)23(30)16-7-5-9-25-21(16)24/h3-9,12,14,20H,10-11,13H2,1-2H3,(H2,24,25)(H,26,29). The second-order valence-electron chi connectivity index (χ2n) is 7.79. The van der Waals surface area contributed by atoms with Crippen LogP contribution < -0.4 is 11.1 Å². The fourth-order valence-electron chi connectivity index (χ4n) is 3.67. The molecule has 2 amide bonds. The summed E-state index contributed by atoms with van der Waals surface area (Å²) in [7, 11) is 0. The van der Waals surface area contributed by atoms with Gasteiger partial charge in [-0.05, 0) is 38.1 Å². The van der Waals surface area contributed by atoms with Crippen molar-refractivity contribution in [3.8, 4) is 0 Å². The third kappa shape index (κ3) is 4.34. The van der Waals surface area contributed by atoms with E-state index >= 15 is 0 Å². The molecule has 3 N–H and O–H groups in total. The van der Waals surface area contributed by atoms with E-state index in [1.807, 2.05) is 38.1 Å².